The Bertz CT molecular complexity index is 735. The molecule has 5 nitrogen and oxygen atoms in total. The largest absolute Gasteiger partial charge is 0.340 e. The molecule has 1 aliphatic rings. The molecule has 1 aliphatic heterocycles. The number of amides is 1. The molecule has 0 atom stereocenters. The van der Waals surface area contributed by atoms with Crippen molar-refractivity contribution in [1.82, 2.24) is 19.6 Å². The van der Waals surface area contributed by atoms with Crippen LogP contribution in [0.1, 0.15) is 23.4 Å². The van der Waals surface area contributed by atoms with Crippen molar-refractivity contribution in [2.45, 2.75) is 33.4 Å². The van der Waals surface area contributed by atoms with Crippen molar-refractivity contribution in [2.24, 2.45) is 0 Å². The number of piperazine rings is 1. The minimum atomic E-state index is 0.213. The van der Waals surface area contributed by atoms with E-state index in [2.05, 4.69) is 16.1 Å². The molecule has 3 rings (SSSR count). The van der Waals surface area contributed by atoms with E-state index in [0.717, 1.165) is 54.7 Å². The van der Waals surface area contributed by atoms with E-state index in [1.54, 1.807) is 0 Å². The summed E-state index contributed by atoms with van der Waals surface area (Å²) in [7, 11) is 0. The second-order valence-corrected chi connectivity index (χ2v) is 7.06. The van der Waals surface area contributed by atoms with E-state index in [-0.39, 0.29) is 5.91 Å². The number of hydrogen-bond acceptors (Lipinski definition) is 3. The fourth-order valence-corrected chi connectivity index (χ4v) is 3.48. The van der Waals surface area contributed by atoms with Gasteiger partial charge in [-0.25, -0.2) is 0 Å². The van der Waals surface area contributed by atoms with E-state index in [1.807, 2.05) is 47.7 Å². The van der Waals surface area contributed by atoms with Gasteiger partial charge in [-0.3, -0.25) is 14.4 Å². The number of aromatic nitrogens is 2. The molecule has 6 heteroatoms. The molecule has 134 valence electrons. The maximum Gasteiger partial charge on any atom is 0.224 e. The molecule has 1 aromatic carbocycles. The average molecular weight is 361 g/mol. The lowest BCUT2D eigenvalue weighted by Crippen LogP contribution is -2.48. The first kappa shape index (κ1) is 18.0. The highest BCUT2D eigenvalue weighted by Crippen LogP contribution is 2.18. The SMILES string of the molecule is Cc1cc(C)n(CCC(=O)N2CCN(Cc3ccccc3Cl)CC2)n1. The molecule has 2 aromatic rings. The van der Waals surface area contributed by atoms with Gasteiger partial charge in [0, 0.05) is 56.4 Å². The van der Waals surface area contributed by atoms with Crippen LogP contribution in [0.25, 0.3) is 0 Å². The summed E-state index contributed by atoms with van der Waals surface area (Å²) in [5.74, 6) is 0.213. The van der Waals surface area contributed by atoms with Gasteiger partial charge < -0.3 is 4.90 Å². The molecule has 0 bridgehead atoms. The Morgan fingerprint density at radius 1 is 1.16 bits per heavy atom. The molecule has 0 saturated carbocycles. The summed E-state index contributed by atoms with van der Waals surface area (Å²) in [5.41, 5.74) is 3.25. The fraction of sp³-hybridized carbons (Fsp3) is 0.474. The summed E-state index contributed by atoms with van der Waals surface area (Å²) in [5, 5.41) is 5.23. The van der Waals surface area contributed by atoms with Crippen LogP contribution in [0.4, 0.5) is 0 Å². The Hall–Kier alpha value is -1.85. The van der Waals surface area contributed by atoms with Gasteiger partial charge in [0.15, 0.2) is 0 Å². The standard InChI is InChI=1S/C19H25ClN4O/c1-15-13-16(2)24(21-15)8-7-19(25)23-11-9-22(10-12-23)14-17-5-3-4-6-18(17)20/h3-6,13H,7-12,14H2,1-2H3. The minimum absolute atomic E-state index is 0.213. The van der Waals surface area contributed by atoms with Gasteiger partial charge in [-0.05, 0) is 31.5 Å². The van der Waals surface area contributed by atoms with Crippen LogP contribution in [-0.2, 0) is 17.9 Å². The Labute approximate surface area is 154 Å². The van der Waals surface area contributed by atoms with Crippen LogP contribution in [0.5, 0.6) is 0 Å². The smallest absolute Gasteiger partial charge is 0.224 e. The van der Waals surface area contributed by atoms with Crippen LogP contribution in [0.3, 0.4) is 0 Å². The first-order valence-corrected chi connectivity index (χ1v) is 9.15. The number of carbonyl (C=O) groups is 1. The van der Waals surface area contributed by atoms with Crippen LogP contribution in [0.15, 0.2) is 30.3 Å². The molecule has 0 spiro atoms. The highest BCUT2D eigenvalue weighted by atomic mass is 35.5. The van der Waals surface area contributed by atoms with E-state index < -0.39 is 0 Å². The summed E-state index contributed by atoms with van der Waals surface area (Å²) in [4.78, 5) is 16.8. The molecule has 0 aliphatic carbocycles. The highest BCUT2D eigenvalue weighted by Gasteiger charge is 2.21. The fourth-order valence-electron chi connectivity index (χ4n) is 3.28. The Morgan fingerprint density at radius 3 is 2.52 bits per heavy atom. The number of carbonyl (C=O) groups excluding carboxylic acids is 1. The third-order valence-corrected chi connectivity index (χ3v) is 5.09. The number of benzene rings is 1. The normalized spacial score (nSPS) is 15.6. The van der Waals surface area contributed by atoms with Gasteiger partial charge in [0.2, 0.25) is 5.91 Å². The van der Waals surface area contributed by atoms with Crippen LogP contribution in [0.2, 0.25) is 5.02 Å². The first-order valence-electron chi connectivity index (χ1n) is 8.77. The van der Waals surface area contributed by atoms with Gasteiger partial charge >= 0.3 is 0 Å². The summed E-state index contributed by atoms with van der Waals surface area (Å²) in [6.45, 7) is 8.82. The van der Waals surface area contributed by atoms with Crippen LogP contribution < -0.4 is 0 Å². The van der Waals surface area contributed by atoms with E-state index in [4.69, 9.17) is 11.6 Å². The molecule has 25 heavy (non-hydrogen) atoms. The van der Waals surface area contributed by atoms with E-state index in [0.29, 0.717) is 13.0 Å². The molecule has 0 N–H and O–H groups in total. The number of nitrogens with zero attached hydrogens (tertiary/aromatic N) is 4. The number of aryl methyl sites for hydroxylation is 3. The topological polar surface area (TPSA) is 41.4 Å². The Morgan fingerprint density at radius 2 is 1.88 bits per heavy atom. The van der Waals surface area contributed by atoms with E-state index >= 15 is 0 Å². The lowest BCUT2D eigenvalue weighted by molar-refractivity contribution is -0.133. The van der Waals surface area contributed by atoms with Crippen molar-refractivity contribution in [1.29, 1.82) is 0 Å². The zero-order valence-electron chi connectivity index (χ0n) is 14.9. The van der Waals surface area contributed by atoms with Crippen molar-refractivity contribution in [3.63, 3.8) is 0 Å². The summed E-state index contributed by atoms with van der Waals surface area (Å²) < 4.78 is 1.92. The Kier molecular flexibility index (Phi) is 5.76. The third-order valence-electron chi connectivity index (χ3n) is 4.72. The lowest BCUT2D eigenvalue weighted by atomic mass is 10.2. The van der Waals surface area contributed by atoms with Crippen LogP contribution in [0, 0.1) is 13.8 Å². The van der Waals surface area contributed by atoms with Crippen LogP contribution >= 0.6 is 11.6 Å². The predicted octanol–water partition coefficient (Wildman–Crippen LogP) is 2.89. The molecule has 1 amide bonds. The van der Waals surface area contributed by atoms with Gasteiger partial charge in [-0.1, -0.05) is 29.8 Å². The summed E-state index contributed by atoms with van der Waals surface area (Å²) >= 11 is 6.24. The van der Waals surface area contributed by atoms with Crippen molar-refractivity contribution in [2.75, 3.05) is 26.2 Å². The van der Waals surface area contributed by atoms with Crippen molar-refractivity contribution in [3.8, 4) is 0 Å². The van der Waals surface area contributed by atoms with Gasteiger partial charge in [0.1, 0.15) is 0 Å². The van der Waals surface area contributed by atoms with Crippen LogP contribution in [-0.4, -0.2) is 51.7 Å². The van der Waals surface area contributed by atoms with Gasteiger partial charge in [-0.15, -0.1) is 0 Å². The molecule has 0 unspecified atom stereocenters. The molecule has 1 saturated heterocycles. The van der Waals surface area contributed by atoms with E-state index in [1.165, 1.54) is 0 Å². The second kappa shape index (κ2) is 8.02. The van der Waals surface area contributed by atoms with Gasteiger partial charge in [0.25, 0.3) is 0 Å². The van der Waals surface area contributed by atoms with Gasteiger partial charge in [-0.2, -0.15) is 5.10 Å². The molecule has 1 fully saturated rings. The van der Waals surface area contributed by atoms with Crippen molar-refractivity contribution >= 4 is 17.5 Å². The number of rotatable bonds is 5. The second-order valence-electron chi connectivity index (χ2n) is 6.65. The highest BCUT2D eigenvalue weighted by molar-refractivity contribution is 6.31. The quantitative estimate of drug-likeness (QED) is 0.823. The zero-order valence-corrected chi connectivity index (χ0v) is 15.7. The monoisotopic (exact) mass is 360 g/mol. The molecule has 1 aromatic heterocycles. The van der Waals surface area contributed by atoms with E-state index in [9.17, 15) is 4.79 Å². The molecule has 0 radical (unpaired) electrons. The predicted molar refractivity (Wildman–Crippen MR) is 99.6 cm³/mol. The average Bonchev–Trinajstić information content (AvgIpc) is 2.93. The maximum absolute atomic E-state index is 12.5. The third kappa shape index (κ3) is 4.61. The molecular formula is C19H25ClN4O. The van der Waals surface area contributed by atoms with Crippen molar-refractivity contribution in [3.05, 3.63) is 52.3 Å². The number of halogens is 1. The Balaban J connectivity index is 1.46. The summed E-state index contributed by atoms with van der Waals surface area (Å²) in [6, 6.07) is 9.99. The lowest BCUT2D eigenvalue weighted by Gasteiger charge is -2.35. The zero-order chi connectivity index (χ0) is 17.8. The summed E-state index contributed by atoms with van der Waals surface area (Å²) in [6.07, 6.45) is 0.506. The van der Waals surface area contributed by atoms with Crippen molar-refractivity contribution < 1.29 is 4.79 Å². The maximum atomic E-state index is 12.5. The molecular weight excluding hydrogens is 336 g/mol. The first-order chi connectivity index (χ1) is 12.0. The molecule has 2 heterocycles. The van der Waals surface area contributed by atoms with Gasteiger partial charge in [0.05, 0.1) is 5.69 Å². The number of hydrogen-bond donors (Lipinski definition) is 0. The minimum Gasteiger partial charge on any atom is -0.340 e.